The van der Waals surface area contributed by atoms with Crippen LogP contribution in [0.25, 0.3) is 0 Å². The monoisotopic (exact) mass is 238 g/mol. The lowest BCUT2D eigenvalue weighted by Crippen LogP contribution is -2.34. The normalized spacial score (nSPS) is 20.8. The van der Waals surface area contributed by atoms with E-state index in [0.717, 1.165) is 25.1 Å². The summed E-state index contributed by atoms with van der Waals surface area (Å²) in [5.74, 6) is -0.000887. The third kappa shape index (κ3) is 2.76. The highest BCUT2D eigenvalue weighted by Gasteiger charge is 2.23. The third-order valence-electron chi connectivity index (χ3n) is 3.37. The van der Waals surface area contributed by atoms with E-state index in [-0.39, 0.29) is 5.82 Å². The second-order valence-electron chi connectivity index (χ2n) is 4.47. The predicted octanol–water partition coefficient (Wildman–Crippen LogP) is 1.76. The van der Waals surface area contributed by atoms with E-state index in [0.29, 0.717) is 18.3 Å². The summed E-state index contributed by atoms with van der Waals surface area (Å²) in [6, 6.07) is 5.58. The fraction of sp³-hybridized carbons (Fsp3) is 0.538. The van der Waals surface area contributed by atoms with Crippen molar-refractivity contribution in [3.05, 3.63) is 29.6 Å². The molecule has 3 nitrogen and oxygen atoms in total. The SMILES string of the molecule is COc1ccc(CN2CCCC2CN)cc1F. The average molecular weight is 238 g/mol. The lowest BCUT2D eigenvalue weighted by Gasteiger charge is -2.23. The van der Waals surface area contributed by atoms with Gasteiger partial charge in [0.25, 0.3) is 0 Å². The Labute approximate surface area is 101 Å². The molecule has 1 fully saturated rings. The number of benzene rings is 1. The van der Waals surface area contributed by atoms with E-state index >= 15 is 0 Å². The summed E-state index contributed by atoms with van der Waals surface area (Å²) < 4.78 is 18.4. The molecule has 1 aliphatic heterocycles. The molecule has 2 N–H and O–H groups in total. The summed E-state index contributed by atoms with van der Waals surface area (Å²) >= 11 is 0. The minimum Gasteiger partial charge on any atom is -0.494 e. The number of likely N-dealkylation sites (tertiary alicyclic amines) is 1. The molecule has 1 saturated heterocycles. The highest BCUT2D eigenvalue weighted by atomic mass is 19.1. The largest absolute Gasteiger partial charge is 0.494 e. The molecule has 0 saturated carbocycles. The molecular weight excluding hydrogens is 219 g/mol. The summed E-state index contributed by atoms with van der Waals surface area (Å²) in [4.78, 5) is 2.32. The maximum atomic E-state index is 13.5. The van der Waals surface area contributed by atoms with Crippen molar-refractivity contribution >= 4 is 0 Å². The van der Waals surface area contributed by atoms with Crippen molar-refractivity contribution in [2.45, 2.75) is 25.4 Å². The van der Waals surface area contributed by atoms with E-state index in [1.165, 1.54) is 13.5 Å². The van der Waals surface area contributed by atoms with Crippen molar-refractivity contribution < 1.29 is 9.13 Å². The van der Waals surface area contributed by atoms with Crippen molar-refractivity contribution in [2.24, 2.45) is 5.73 Å². The summed E-state index contributed by atoms with van der Waals surface area (Å²) in [7, 11) is 1.48. The Balaban J connectivity index is 2.05. The van der Waals surface area contributed by atoms with Crippen molar-refractivity contribution in [1.29, 1.82) is 0 Å². The fourth-order valence-corrected chi connectivity index (χ4v) is 2.41. The Morgan fingerprint density at radius 3 is 3.00 bits per heavy atom. The van der Waals surface area contributed by atoms with Crippen LogP contribution in [0.2, 0.25) is 0 Å². The van der Waals surface area contributed by atoms with Gasteiger partial charge in [-0.05, 0) is 37.1 Å². The van der Waals surface area contributed by atoms with Gasteiger partial charge in [0, 0.05) is 19.1 Å². The van der Waals surface area contributed by atoms with E-state index in [1.54, 1.807) is 12.1 Å². The average Bonchev–Trinajstić information content (AvgIpc) is 2.76. The Bertz CT molecular complexity index is 384. The number of nitrogens with zero attached hydrogens (tertiary/aromatic N) is 1. The molecule has 4 heteroatoms. The maximum absolute atomic E-state index is 13.5. The third-order valence-corrected chi connectivity index (χ3v) is 3.37. The van der Waals surface area contributed by atoms with Gasteiger partial charge in [-0.1, -0.05) is 6.07 Å². The molecule has 0 aromatic heterocycles. The Morgan fingerprint density at radius 1 is 1.53 bits per heavy atom. The van der Waals surface area contributed by atoms with Crippen LogP contribution in [-0.4, -0.2) is 31.1 Å². The van der Waals surface area contributed by atoms with E-state index in [9.17, 15) is 4.39 Å². The van der Waals surface area contributed by atoms with Gasteiger partial charge >= 0.3 is 0 Å². The first-order valence-electron chi connectivity index (χ1n) is 6.01. The summed E-state index contributed by atoms with van der Waals surface area (Å²) in [5.41, 5.74) is 6.69. The van der Waals surface area contributed by atoms with Gasteiger partial charge in [0.05, 0.1) is 7.11 Å². The lowest BCUT2D eigenvalue weighted by molar-refractivity contribution is 0.249. The molecule has 0 bridgehead atoms. The van der Waals surface area contributed by atoms with Gasteiger partial charge in [-0.15, -0.1) is 0 Å². The lowest BCUT2D eigenvalue weighted by atomic mass is 10.1. The second-order valence-corrected chi connectivity index (χ2v) is 4.47. The number of halogens is 1. The molecule has 0 spiro atoms. The molecule has 2 rings (SSSR count). The maximum Gasteiger partial charge on any atom is 0.165 e. The molecule has 1 heterocycles. The van der Waals surface area contributed by atoms with Crippen LogP contribution in [-0.2, 0) is 6.54 Å². The molecule has 1 aromatic carbocycles. The first-order valence-corrected chi connectivity index (χ1v) is 6.01. The van der Waals surface area contributed by atoms with Crippen molar-refractivity contribution in [3.8, 4) is 5.75 Å². The summed E-state index contributed by atoms with van der Waals surface area (Å²) in [6.07, 6.45) is 2.33. The number of rotatable bonds is 4. The van der Waals surface area contributed by atoms with E-state index in [2.05, 4.69) is 4.90 Å². The first-order chi connectivity index (χ1) is 8.24. The topological polar surface area (TPSA) is 38.5 Å². The van der Waals surface area contributed by atoms with Gasteiger partial charge in [0.15, 0.2) is 11.6 Å². The molecule has 0 aliphatic carbocycles. The van der Waals surface area contributed by atoms with Crippen LogP contribution < -0.4 is 10.5 Å². The van der Waals surface area contributed by atoms with Crippen molar-refractivity contribution in [1.82, 2.24) is 4.90 Å². The number of hydrogen-bond acceptors (Lipinski definition) is 3. The van der Waals surface area contributed by atoms with Crippen LogP contribution in [0, 0.1) is 5.82 Å². The molecule has 94 valence electrons. The van der Waals surface area contributed by atoms with Crippen LogP contribution in [0.1, 0.15) is 18.4 Å². The molecule has 1 aliphatic rings. The Hall–Kier alpha value is -1.13. The number of methoxy groups -OCH3 is 1. The number of hydrogen-bond donors (Lipinski definition) is 1. The molecule has 17 heavy (non-hydrogen) atoms. The zero-order chi connectivity index (χ0) is 12.3. The molecule has 1 aromatic rings. The molecular formula is C13H19FN2O. The predicted molar refractivity (Wildman–Crippen MR) is 65.4 cm³/mol. The summed E-state index contributed by atoms with van der Waals surface area (Å²) in [5, 5.41) is 0. The van der Waals surface area contributed by atoms with Crippen molar-refractivity contribution in [3.63, 3.8) is 0 Å². The van der Waals surface area contributed by atoms with Gasteiger partial charge in [-0.2, -0.15) is 0 Å². The van der Waals surface area contributed by atoms with Gasteiger partial charge in [0.1, 0.15) is 0 Å². The van der Waals surface area contributed by atoms with E-state index < -0.39 is 0 Å². The number of nitrogens with two attached hydrogens (primary N) is 1. The van der Waals surface area contributed by atoms with Crippen LogP contribution in [0.3, 0.4) is 0 Å². The molecule has 1 unspecified atom stereocenters. The van der Waals surface area contributed by atoms with E-state index in [1.807, 2.05) is 6.07 Å². The highest BCUT2D eigenvalue weighted by molar-refractivity contribution is 5.29. The highest BCUT2D eigenvalue weighted by Crippen LogP contribution is 2.22. The smallest absolute Gasteiger partial charge is 0.165 e. The Morgan fingerprint density at radius 2 is 2.35 bits per heavy atom. The zero-order valence-electron chi connectivity index (χ0n) is 10.2. The first kappa shape index (κ1) is 12.3. The van der Waals surface area contributed by atoms with E-state index in [4.69, 9.17) is 10.5 Å². The van der Waals surface area contributed by atoms with Crippen LogP contribution >= 0.6 is 0 Å². The Kier molecular flexibility index (Phi) is 3.97. The number of ether oxygens (including phenoxy) is 1. The zero-order valence-corrected chi connectivity index (χ0v) is 10.2. The second kappa shape index (κ2) is 5.47. The van der Waals surface area contributed by atoms with Crippen molar-refractivity contribution in [2.75, 3.05) is 20.2 Å². The minimum absolute atomic E-state index is 0.297. The van der Waals surface area contributed by atoms with Crippen LogP contribution in [0.15, 0.2) is 18.2 Å². The quantitative estimate of drug-likeness (QED) is 0.868. The van der Waals surface area contributed by atoms with Crippen LogP contribution in [0.5, 0.6) is 5.75 Å². The standard InChI is InChI=1S/C13H19FN2O/c1-17-13-5-4-10(7-12(13)14)9-16-6-2-3-11(16)8-15/h4-5,7,11H,2-3,6,8-9,15H2,1H3. The van der Waals surface area contributed by atoms with Gasteiger partial charge in [-0.25, -0.2) is 4.39 Å². The van der Waals surface area contributed by atoms with Gasteiger partial charge in [-0.3, -0.25) is 4.90 Å². The van der Waals surface area contributed by atoms with Gasteiger partial charge in [0.2, 0.25) is 0 Å². The fourth-order valence-electron chi connectivity index (χ4n) is 2.41. The molecule has 0 radical (unpaired) electrons. The minimum atomic E-state index is -0.298. The molecule has 0 amide bonds. The molecule has 1 atom stereocenters. The van der Waals surface area contributed by atoms with Crippen LogP contribution in [0.4, 0.5) is 4.39 Å². The summed E-state index contributed by atoms with van der Waals surface area (Å²) in [6.45, 7) is 2.50. The van der Waals surface area contributed by atoms with Gasteiger partial charge < -0.3 is 10.5 Å².